The Morgan fingerprint density at radius 1 is 0.837 bits per heavy atom. The van der Waals surface area contributed by atoms with Crippen LogP contribution in [0.25, 0.3) is 0 Å². The average molecular weight is 593 g/mol. The molecule has 7 nitrogen and oxygen atoms in total. The number of amides is 1. The van der Waals surface area contributed by atoms with Gasteiger partial charge < -0.3 is 14.4 Å². The van der Waals surface area contributed by atoms with Crippen LogP contribution in [0.1, 0.15) is 39.8 Å². The van der Waals surface area contributed by atoms with Gasteiger partial charge in [0.1, 0.15) is 0 Å². The van der Waals surface area contributed by atoms with E-state index >= 15 is 0 Å². The molecule has 3 heterocycles. The number of hydrogen-bond donors (Lipinski definition) is 0. The third-order valence-electron chi connectivity index (χ3n) is 8.64. The van der Waals surface area contributed by atoms with Gasteiger partial charge in [-0.05, 0) is 41.0 Å². The molecule has 0 radical (unpaired) electrons. The lowest BCUT2D eigenvalue weighted by Gasteiger charge is -2.33. The van der Waals surface area contributed by atoms with Crippen molar-refractivity contribution in [3.05, 3.63) is 137 Å². The number of carbonyl (C=O) groups excluding carboxylic acids is 1. The lowest BCUT2D eigenvalue weighted by Crippen LogP contribution is -2.50. The molecular formula is C35H32N2O5S. The highest BCUT2D eigenvalue weighted by molar-refractivity contribution is 7.91. The van der Waals surface area contributed by atoms with Gasteiger partial charge in [0.15, 0.2) is 21.5 Å². The summed E-state index contributed by atoms with van der Waals surface area (Å²) < 4.78 is 38.5. The molecule has 0 spiro atoms. The molecule has 1 amide bonds. The van der Waals surface area contributed by atoms with Gasteiger partial charge in [-0.15, -0.1) is 0 Å². The fourth-order valence-electron chi connectivity index (χ4n) is 6.17. The van der Waals surface area contributed by atoms with Crippen molar-refractivity contribution in [2.75, 3.05) is 25.5 Å². The Hall–Kier alpha value is -4.27. The molecule has 1 saturated heterocycles. The van der Waals surface area contributed by atoms with E-state index in [2.05, 4.69) is 24.3 Å². The van der Waals surface area contributed by atoms with E-state index in [0.29, 0.717) is 18.2 Å². The van der Waals surface area contributed by atoms with E-state index < -0.39 is 21.5 Å². The first-order valence-electron chi connectivity index (χ1n) is 14.6. The molecule has 0 aliphatic carbocycles. The Kier molecular flexibility index (Phi) is 7.11. The second-order valence-electron chi connectivity index (χ2n) is 11.4. The monoisotopic (exact) mass is 592 g/mol. The van der Waals surface area contributed by atoms with Crippen LogP contribution in [-0.2, 0) is 37.1 Å². The average Bonchev–Trinajstić information content (AvgIpc) is 3.36. The Morgan fingerprint density at radius 3 is 2.21 bits per heavy atom. The lowest BCUT2D eigenvalue weighted by molar-refractivity contribution is -0.139. The summed E-state index contributed by atoms with van der Waals surface area (Å²) in [5, 5.41) is 0. The number of rotatable bonds is 8. The molecule has 1 fully saturated rings. The first-order valence-corrected chi connectivity index (χ1v) is 16.2. The van der Waals surface area contributed by atoms with Crippen LogP contribution < -0.4 is 0 Å². The van der Waals surface area contributed by atoms with Gasteiger partial charge in [0.25, 0.3) is 5.91 Å². The Balaban J connectivity index is 1.30. The predicted molar refractivity (Wildman–Crippen MR) is 164 cm³/mol. The van der Waals surface area contributed by atoms with Gasteiger partial charge in [0, 0.05) is 36.6 Å². The van der Waals surface area contributed by atoms with Crippen molar-refractivity contribution in [3.63, 3.8) is 0 Å². The molecule has 218 valence electrons. The van der Waals surface area contributed by atoms with E-state index in [1.54, 1.807) is 35.2 Å². The molecule has 7 rings (SSSR count). The second kappa shape index (κ2) is 11.1. The van der Waals surface area contributed by atoms with Crippen molar-refractivity contribution in [2.24, 2.45) is 4.99 Å². The molecule has 43 heavy (non-hydrogen) atoms. The van der Waals surface area contributed by atoms with Crippen LogP contribution in [0.5, 0.6) is 0 Å². The van der Waals surface area contributed by atoms with Crippen LogP contribution in [-0.4, -0.2) is 56.2 Å². The van der Waals surface area contributed by atoms with E-state index in [9.17, 15) is 13.2 Å². The molecule has 0 N–H and O–H groups in total. The third kappa shape index (κ3) is 5.15. The van der Waals surface area contributed by atoms with Crippen LogP contribution in [0, 0.1) is 0 Å². The van der Waals surface area contributed by atoms with Gasteiger partial charge in [-0.25, -0.2) is 13.4 Å². The maximum absolute atomic E-state index is 14.8. The largest absolute Gasteiger partial charge is 0.466 e. The summed E-state index contributed by atoms with van der Waals surface area (Å²) in [6.45, 7) is 1.76. The van der Waals surface area contributed by atoms with E-state index in [1.165, 1.54) is 5.56 Å². The topological polar surface area (TPSA) is 85.3 Å². The van der Waals surface area contributed by atoms with Gasteiger partial charge in [0.2, 0.25) is 5.90 Å². The lowest BCUT2D eigenvalue weighted by atomic mass is 9.81. The minimum Gasteiger partial charge on any atom is -0.466 e. The highest BCUT2D eigenvalue weighted by atomic mass is 32.2. The van der Waals surface area contributed by atoms with Gasteiger partial charge in [-0.3, -0.25) is 4.79 Å². The van der Waals surface area contributed by atoms with E-state index in [1.807, 2.05) is 54.6 Å². The summed E-state index contributed by atoms with van der Waals surface area (Å²) in [4.78, 5) is 21.8. The van der Waals surface area contributed by atoms with Crippen LogP contribution in [0.15, 0.2) is 119 Å². The van der Waals surface area contributed by atoms with E-state index in [4.69, 9.17) is 14.5 Å². The van der Waals surface area contributed by atoms with Gasteiger partial charge >= 0.3 is 0 Å². The van der Waals surface area contributed by atoms with E-state index in [0.717, 1.165) is 35.5 Å². The van der Waals surface area contributed by atoms with Crippen molar-refractivity contribution >= 4 is 21.6 Å². The number of nitrogens with zero attached hydrogens (tertiary/aromatic N) is 2. The van der Waals surface area contributed by atoms with Crippen molar-refractivity contribution in [1.29, 1.82) is 0 Å². The summed E-state index contributed by atoms with van der Waals surface area (Å²) >= 11 is 0. The van der Waals surface area contributed by atoms with Crippen molar-refractivity contribution in [2.45, 2.75) is 35.4 Å². The molecular weight excluding hydrogens is 560 g/mol. The van der Waals surface area contributed by atoms with Crippen LogP contribution in [0.2, 0.25) is 0 Å². The molecule has 8 heteroatoms. The highest BCUT2D eigenvalue weighted by Gasteiger charge is 2.56. The number of fused-ring (bicyclic) bond motifs is 3. The molecule has 4 aromatic rings. The standard InChI is InChI=1S/C35H32N2O5S/c38-34-35(21-25-15-17-26(18-16-25)29-23-41-24-29)32(42-33(36-35)27-9-3-1-4-10-27)31-14-8-7-11-28(31)22-37(34)19-20-43(39,40)30-12-5-2-6-13-30/h1-18,29,32H,19-24H2/t32-,35-/m0/s1. The number of ether oxygens (including phenoxy) is 2. The minimum atomic E-state index is -3.61. The first-order chi connectivity index (χ1) is 20.9. The summed E-state index contributed by atoms with van der Waals surface area (Å²) in [6.07, 6.45) is -0.355. The van der Waals surface area contributed by atoms with Crippen LogP contribution in [0.4, 0.5) is 0 Å². The molecule has 4 aromatic carbocycles. The summed E-state index contributed by atoms with van der Waals surface area (Å²) in [5.74, 6) is 0.376. The van der Waals surface area contributed by atoms with Crippen LogP contribution in [0.3, 0.4) is 0 Å². The summed E-state index contributed by atoms with van der Waals surface area (Å²) in [5.41, 5.74) is 3.46. The maximum atomic E-state index is 14.8. The summed E-state index contributed by atoms with van der Waals surface area (Å²) in [6, 6.07) is 34.2. The quantitative estimate of drug-likeness (QED) is 0.284. The van der Waals surface area contributed by atoms with Crippen LogP contribution >= 0.6 is 0 Å². The van der Waals surface area contributed by atoms with Gasteiger partial charge in [-0.1, -0.05) is 84.9 Å². The Bertz CT molecular complexity index is 1770. The van der Waals surface area contributed by atoms with Crippen molar-refractivity contribution in [3.8, 4) is 0 Å². The molecule has 3 aliphatic heterocycles. The zero-order chi connectivity index (χ0) is 29.4. The summed E-state index contributed by atoms with van der Waals surface area (Å²) in [7, 11) is -3.61. The highest BCUT2D eigenvalue weighted by Crippen LogP contribution is 2.46. The molecule has 0 saturated carbocycles. The fourth-order valence-corrected chi connectivity index (χ4v) is 7.43. The zero-order valence-electron chi connectivity index (χ0n) is 23.6. The van der Waals surface area contributed by atoms with Gasteiger partial charge in [-0.2, -0.15) is 0 Å². The van der Waals surface area contributed by atoms with Crippen molar-refractivity contribution in [1.82, 2.24) is 4.90 Å². The number of sulfone groups is 1. The SMILES string of the molecule is O=C1N(CCS(=O)(=O)c2ccccc2)Cc2ccccc2[C@@H]2OC(c3ccccc3)=N[C@]12Cc1ccc(C2COC2)cc1. The van der Waals surface area contributed by atoms with Gasteiger partial charge in [0.05, 0.1) is 23.9 Å². The molecule has 0 aromatic heterocycles. The van der Waals surface area contributed by atoms with E-state index in [-0.39, 0.29) is 29.6 Å². The maximum Gasteiger partial charge on any atom is 0.255 e. The third-order valence-corrected chi connectivity index (χ3v) is 10.3. The minimum absolute atomic E-state index is 0.0374. The number of carbonyl (C=O) groups is 1. The molecule has 0 bridgehead atoms. The first kappa shape index (κ1) is 27.6. The molecule has 0 unspecified atom stereocenters. The number of aliphatic imine (C=N–C) groups is 1. The smallest absolute Gasteiger partial charge is 0.255 e. The predicted octanol–water partition coefficient (Wildman–Crippen LogP) is 5.12. The second-order valence-corrected chi connectivity index (χ2v) is 13.5. The number of hydrogen-bond acceptors (Lipinski definition) is 6. The fraction of sp³-hybridized carbons (Fsp3) is 0.257. The Labute approximate surface area is 251 Å². The zero-order valence-corrected chi connectivity index (χ0v) is 24.5. The molecule has 2 atom stereocenters. The van der Waals surface area contributed by atoms with Crippen molar-refractivity contribution < 1.29 is 22.7 Å². The number of benzene rings is 4. The normalized spacial score (nSPS) is 21.7. The molecule has 3 aliphatic rings. The Morgan fingerprint density at radius 2 is 1.51 bits per heavy atom.